The van der Waals surface area contributed by atoms with Crippen LogP contribution in [0.25, 0.3) is 0 Å². The molecule has 0 amide bonds. The third-order valence-corrected chi connectivity index (χ3v) is 3.86. The van der Waals surface area contributed by atoms with Crippen molar-refractivity contribution in [3.05, 3.63) is 39.9 Å². The van der Waals surface area contributed by atoms with E-state index < -0.39 is 0 Å². The second-order valence-electron chi connectivity index (χ2n) is 5.63. The van der Waals surface area contributed by atoms with Gasteiger partial charge in [-0.15, -0.1) is 0 Å². The lowest BCUT2D eigenvalue weighted by Crippen LogP contribution is -2.45. The summed E-state index contributed by atoms with van der Waals surface area (Å²) in [5.41, 5.74) is 7.11. The molecular formula is C14H20N2O2. The Kier molecular flexibility index (Phi) is 3.66. The number of para-hydroxylation sites is 1. The van der Waals surface area contributed by atoms with E-state index in [-0.39, 0.29) is 16.1 Å². The molecule has 0 aromatic heterocycles. The first-order valence-corrected chi connectivity index (χ1v) is 6.51. The minimum Gasteiger partial charge on any atom is -0.325 e. The van der Waals surface area contributed by atoms with Crippen LogP contribution in [0.4, 0.5) is 5.69 Å². The normalized spacial score (nSPS) is 28.0. The molecule has 1 aliphatic rings. The maximum atomic E-state index is 11.0. The van der Waals surface area contributed by atoms with Crippen LogP contribution in [0.3, 0.4) is 0 Å². The monoisotopic (exact) mass is 248 g/mol. The summed E-state index contributed by atoms with van der Waals surface area (Å²) >= 11 is 0. The minimum absolute atomic E-state index is 0.195. The maximum absolute atomic E-state index is 11.0. The number of hydrogen-bond donors (Lipinski definition) is 1. The molecule has 1 aromatic carbocycles. The molecule has 2 atom stereocenters. The van der Waals surface area contributed by atoms with Gasteiger partial charge in [-0.3, -0.25) is 10.1 Å². The molecule has 98 valence electrons. The zero-order chi connectivity index (χ0) is 13.2. The van der Waals surface area contributed by atoms with E-state index in [4.69, 9.17) is 5.73 Å². The van der Waals surface area contributed by atoms with Gasteiger partial charge in [0.25, 0.3) is 5.69 Å². The molecule has 1 fully saturated rings. The van der Waals surface area contributed by atoms with E-state index in [9.17, 15) is 10.1 Å². The number of nitro benzene ring substituents is 1. The van der Waals surface area contributed by atoms with Gasteiger partial charge >= 0.3 is 0 Å². The highest BCUT2D eigenvalue weighted by Crippen LogP contribution is 2.34. The summed E-state index contributed by atoms with van der Waals surface area (Å²) in [6.07, 6.45) is 4.87. The summed E-state index contributed by atoms with van der Waals surface area (Å²) in [6, 6.07) is 6.93. The number of benzene rings is 1. The highest BCUT2D eigenvalue weighted by molar-refractivity contribution is 5.40. The molecule has 18 heavy (non-hydrogen) atoms. The first-order chi connectivity index (χ1) is 8.50. The highest BCUT2D eigenvalue weighted by Gasteiger charge is 2.32. The number of nitro groups is 1. The van der Waals surface area contributed by atoms with E-state index in [1.54, 1.807) is 12.1 Å². The Hall–Kier alpha value is -1.42. The highest BCUT2D eigenvalue weighted by atomic mass is 16.6. The fourth-order valence-corrected chi connectivity index (χ4v) is 3.08. The van der Waals surface area contributed by atoms with Crippen LogP contribution in [0.15, 0.2) is 24.3 Å². The summed E-state index contributed by atoms with van der Waals surface area (Å²) in [7, 11) is 0. The number of nitrogens with two attached hydrogens (primary N) is 1. The van der Waals surface area contributed by atoms with E-state index in [2.05, 4.69) is 6.92 Å². The fraction of sp³-hybridized carbons (Fsp3) is 0.571. The standard InChI is InChI=1S/C14H20N2O2/c1-11-5-4-8-14(15,9-11)10-12-6-2-3-7-13(12)16(17)18/h2-3,6-7,11H,4-5,8-10,15H2,1H3. The maximum Gasteiger partial charge on any atom is 0.272 e. The van der Waals surface area contributed by atoms with Crippen molar-refractivity contribution in [3.8, 4) is 0 Å². The van der Waals surface area contributed by atoms with Gasteiger partial charge in [-0.2, -0.15) is 0 Å². The van der Waals surface area contributed by atoms with Crippen LogP contribution in [0.2, 0.25) is 0 Å². The van der Waals surface area contributed by atoms with Gasteiger partial charge < -0.3 is 5.73 Å². The smallest absolute Gasteiger partial charge is 0.272 e. The van der Waals surface area contributed by atoms with Gasteiger partial charge in [-0.1, -0.05) is 38.0 Å². The van der Waals surface area contributed by atoms with Crippen LogP contribution in [-0.4, -0.2) is 10.5 Å². The van der Waals surface area contributed by atoms with Crippen molar-refractivity contribution in [3.63, 3.8) is 0 Å². The molecule has 0 spiro atoms. The molecule has 0 saturated heterocycles. The van der Waals surface area contributed by atoms with Crippen LogP contribution < -0.4 is 5.73 Å². The van der Waals surface area contributed by atoms with Crippen molar-refractivity contribution < 1.29 is 4.92 Å². The molecular weight excluding hydrogens is 228 g/mol. The lowest BCUT2D eigenvalue weighted by molar-refractivity contribution is -0.385. The topological polar surface area (TPSA) is 69.2 Å². The first-order valence-electron chi connectivity index (χ1n) is 6.51. The Bertz CT molecular complexity index is 447. The molecule has 2 N–H and O–H groups in total. The molecule has 0 aliphatic heterocycles. The molecule has 4 nitrogen and oxygen atoms in total. The van der Waals surface area contributed by atoms with E-state index in [1.165, 1.54) is 6.42 Å². The molecule has 2 unspecified atom stereocenters. The summed E-state index contributed by atoms with van der Waals surface area (Å²) < 4.78 is 0. The SMILES string of the molecule is CC1CCCC(N)(Cc2ccccc2[N+](=O)[O-])C1. The summed E-state index contributed by atoms with van der Waals surface area (Å²) in [5, 5.41) is 11.0. The predicted octanol–water partition coefficient (Wildman–Crippen LogP) is 3.04. The van der Waals surface area contributed by atoms with Gasteiger partial charge in [0.05, 0.1) is 4.92 Å². The average Bonchev–Trinajstić information content (AvgIpc) is 2.28. The van der Waals surface area contributed by atoms with Crippen molar-refractivity contribution in [2.45, 2.75) is 44.6 Å². The Labute approximate surface area is 107 Å². The third-order valence-electron chi connectivity index (χ3n) is 3.86. The first kappa shape index (κ1) is 13.0. The van der Waals surface area contributed by atoms with E-state index in [0.717, 1.165) is 24.8 Å². The lowest BCUT2D eigenvalue weighted by atomic mass is 9.74. The molecule has 0 bridgehead atoms. The van der Waals surface area contributed by atoms with E-state index >= 15 is 0 Å². The quantitative estimate of drug-likeness (QED) is 0.660. The molecule has 0 radical (unpaired) electrons. The second-order valence-corrected chi connectivity index (χ2v) is 5.63. The van der Waals surface area contributed by atoms with Crippen molar-refractivity contribution >= 4 is 5.69 Å². The largest absolute Gasteiger partial charge is 0.325 e. The summed E-state index contributed by atoms with van der Waals surface area (Å²) in [6.45, 7) is 2.21. The Balaban J connectivity index is 2.20. The zero-order valence-electron chi connectivity index (χ0n) is 10.8. The van der Waals surface area contributed by atoms with Crippen LogP contribution in [0.1, 0.15) is 38.2 Å². The molecule has 2 rings (SSSR count). The molecule has 1 aromatic rings. The minimum atomic E-state index is -0.315. The van der Waals surface area contributed by atoms with E-state index in [1.807, 2.05) is 12.1 Å². The van der Waals surface area contributed by atoms with Crippen molar-refractivity contribution in [1.29, 1.82) is 0 Å². The van der Waals surface area contributed by atoms with Crippen molar-refractivity contribution in [2.24, 2.45) is 11.7 Å². The number of hydrogen-bond acceptors (Lipinski definition) is 3. The lowest BCUT2D eigenvalue weighted by Gasteiger charge is -2.36. The Morgan fingerprint density at radius 1 is 1.50 bits per heavy atom. The summed E-state index contributed by atoms with van der Waals surface area (Å²) in [5.74, 6) is 0.617. The Morgan fingerprint density at radius 2 is 2.22 bits per heavy atom. The van der Waals surface area contributed by atoms with Gasteiger partial charge in [0, 0.05) is 17.2 Å². The molecule has 4 heteroatoms. The van der Waals surface area contributed by atoms with Gasteiger partial charge in [-0.25, -0.2) is 0 Å². The Morgan fingerprint density at radius 3 is 2.89 bits per heavy atom. The zero-order valence-corrected chi connectivity index (χ0v) is 10.8. The van der Waals surface area contributed by atoms with Gasteiger partial charge in [0.1, 0.15) is 0 Å². The average molecular weight is 248 g/mol. The molecule has 0 heterocycles. The van der Waals surface area contributed by atoms with Crippen LogP contribution in [-0.2, 0) is 6.42 Å². The number of nitrogens with zero attached hydrogens (tertiary/aromatic N) is 1. The van der Waals surface area contributed by atoms with Crippen LogP contribution in [0, 0.1) is 16.0 Å². The van der Waals surface area contributed by atoms with Crippen LogP contribution >= 0.6 is 0 Å². The molecule has 1 saturated carbocycles. The fourth-order valence-electron chi connectivity index (χ4n) is 3.08. The summed E-state index contributed by atoms with van der Waals surface area (Å²) in [4.78, 5) is 10.7. The van der Waals surface area contributed by atoms with Gasteiger partial charge in [0.2, 0.25) is 0 Å². The second kappa shape index (κ2) is 5.06. The van der Waals surface area contributed by atoms with Gasteiger partial charge in [0.15, 0.2) is 0 Å². The van der Waals surface area contributed by atoms with Crippen molar-refractivity contribution in [1.82, 2.24) is 0 Å². The number of rotatable bonds is 3. The van der Waals surface area contributed by atoms with Crippen molar-refractivity contribution in [2.75, 3.05) is 0 Å². The predicted molar refractivity (Wildman–Crippen MR) is 71.4 cm³/mol. The van der Waals surface area contributed by atoms with Crippen LogP contribution in [0.5, 0.6) is 0 Å². The van der Waals surface area contributed by atoms with E-state index in [0.29, 0.717) is 12.3 Å². The van der Waals surface area contributed by atoms with Gasteiger partial charge in [-0.05, 0) is 25.2 Å². The third kappa shape index (κ3) is 2.88. The molecule has 1 aliphatic carbocycles.